The number of carbonyl (C=O) groups is 1. The summed E-state index contributed by atoms with van der Waals surface area (Å²) in [6.45, 7) is 2.09. The van der Waals surface area contributed by atoms with Gasteiger partial charge in [0.15, 0.2) is 11.6 Å². The number of carbonyl (C=O) groups excluding carboxylic acids is 1. The predicted molar refractivity (Wildman–Crippen MR) is 129 cm³/mol. The summed E-state index contributed by atoms with van der Waals surface area (Å²) in [6, 6.07) is 15.8. The van der Waals surface area contributed by atoms with Crippen molar-refractivity contribution in [3.05, 3.63) is 100 Å². The Morgan fingerprint density at radius 1 is 0.971 bits per heavy atom. The van der Waals surface area contributed by atoms with Gasteiger partial charge in [-0.15, -0.1) is 0 Å². The highest BCUT2D eigenvalue weighted by atomic mass is 19.2. The first-order valence-electron chi connectivity index (χ1n) is 11.4. The molecule has 3 aromatic rings. The average Bonchev–Trinajstić information content (AvgIpc) is 2.83. The van der Waals surface area contributed by atoms with Gasteiger partial charge in [-0.1, -0.05) is 36.4 Å². The van der Waals surface area contributed by atoms with Crippen molar-refractivity contribution in [1.29, 1.82) is 0 Å². The minimum Gasteiger partial charge on any atom is -0.508 e. The summed E-state index contributed by atoms with van der Waals surface area (Å²) in [4.78, 5) is 12.3. The molecule has 0 radical (unpaired) electrons. The van der Waals surface area contributed by atoms with Gasteiger partial charge in [0.05, 0.1) is 19.1 Å². The number of benzene rings is 3. The van der Waals surface area contributed by atoms with E-state index in [2.05, 4.69) is 10.6 Å². The van der Waals surface area contributed by atoms with Crippen LogP contribution < -0.4 is 10.6 Å². The number of nitrogens with one attached hydrogen (secondary N) is 2. The second-order valence-corrected chi connectivity index (χ2v) is 8.60. The molecule has 0 aromatic heterocycles. The maximum atomic E-state index is 13.3. The number of phenols is 1. The Bertz CT molecular complexity index is 1160. The Hall–Kier alpha value is -3.33. The van der Waals surface area contributed by atoms with Crippen LogP contribution in [0.1, 0.15) is 40.8 Å². The van der Waals surface area contributed by atoms with E-state index >= 15 is 0 Å². The normalized spacial score (nSPS) is 12.8. The van der Waals surface area contributed by atoms with Crippen LogP contribution in [0.2, 0.25) is 0 Å². The number of hydrogen-bond donors (Lipinski definition) is 5. The lowest BCUT2D eigenvalue weighted by Gasteiger charge is -2.18. The molecule has 0 aliphatic rings. The Morgan fingerprint density at radius 2 is 1.74 bits per heavy atom. The number of rotatable bonds is 11. The van der Waals surface area contributed by atoms with Crippen molar-refractivity contribution < 1.29 is 28.9 Å². The van der Waals surface area contributed by atoms with Crippen molar-refractivity contribution in [3.8, 4) is 5.75 Å². The topological polar surface area (TPSA) is 102 Å². The molecule has 1 amide bonds. The number of aromatic hydroxyl groups is 1. The highest BCUT2D eigenvalue weighted by Crippen LogP contribution is 2.22. The molecule has 0 bridgehead atoms. The van der Waals surface area contributed by atoms with E-state index in [9.17, 15) is 28.9 Å². The van der Waals surface area contributed by atoms with Gasteiger partial charge in [0.1, 0.15) is 5.75 Å². The van der Waals surface area contributed by atoms with E-state index in [1.165, 1.54) is 12.1 Å². The maximum Gasteiger partial charge on any atom is 0.224 e. The minimum atomic E-state index is -0.947. The first-order chi connectivity index (χ1) is 16.7. The lowest BCUT2D eigenvalue weighted by Crippen LogP contribution is -2.32. The fourth-order valence-corrected chi connectivity index (χ4v) is 3.76. The Kier molecular flexibility index (Phi) is 9.31. The van der Waals surface area contributed by atoms with Gasteiger partial charge >= 0.3 is 0 Å². The van der Waals surface area contributed by atoms with Gasteiger partial charge in [-0.25, -0.2) is 8.78 Å². The molecule has 0 saturated heterocycles. The fourth-order valence-electron chi connectivity index (χ4n) is 3.76. The van der Waals surface area contributed by atoms with Crippen LogP contribution in [0.15, 0.2) is 60.7 Å². The molecular weight excluding hydrogens is 454 g/mol. The molecule has 0 spiro atoms. The average molecular weight is 485 g/mol. The van der Waals surface area contributed by atoms with Crippen LogP contribution in [0.5, 0.6) is 5.75 Å². The van der Waals surface area contributed by atoms with Crippen molar-refractivity contribution >= 4 is 5.91 Å². The summed E-state index contributed by atoms with van der Waals surface area (Å²) in [5.41, 5.74) is 3.30. The molecule has 0 aliphatic carbocycles. The van der Waals surface area contributed by atoms with E-state index in [0.29, 0.717) is 29.7 Å². The minimum absolute atomic E-state index is 0.0114. The summed E-state index contributed by atoms with van der Waals surface area (Å²) in [5.74, 6) is -2.11. The lowest BCUT2D eigenvalue weighted by molar-refractivity contribution is -0.120. The van der Waals surface area contributed by atoms with Crippen LogP contribution >= 0.6 is 0 Å². The molecule has 186 valence electrons. The molecule has 0 saturated carbocycles. The number of aliphatic hydroxyl groups is 2. The van der Waals surface area contributed by atoms with E-state index in [-0.39, 0.29) is 37.3 Å². The van der Waals surface area contributed by atoms with E-state index in [0.717, 1.165) is 23.3 Å². The van der Waals surface area contributed by atoms with Gasteiger partial charge in [-0.05, 0) is 59.9 Å². The molecule has 3 aromatic carbocycles. The smallest absolute Gasteiger partial charge is 0.224 e. The van der Waals surface area contributed by atoms with E-state index < -0.39 is 17.7 Å². The summed E-state index contributed by atoms with van der Waals surface area (Å²) >= 11 is 0. The SMILES string of the molecule is C[C@H](Cc1cccc(CC(=O)NCc2ccc(F)c(F)c2)c1)NC[C@@H](O)c1ccc(O)c(CO)c1. The number of aliphatic hydroxyl groups excluding tert-OH is 2. The second kappa shape index (κ2) is 12.4. The van der Waals surface area contributed by atoms with Gasteiger partial charge < -0.3 is 26.0 Å². The molecule has 0 fully saturated rings. The standard InChI is InChI=1S/C27H30F2N2O4/c1-17(30-15-26(34)21-6-8-25(33)22(13-21)16-32)9-18-3-2-4-19(10-18)12-27(35)31-14-20-5-7-23(28)24(29)11-20/h2-8,10-11,13,17,26,30,32-34H,9,12,14-16H2,1H3,(H,31,35)/t17-,26-/m1/s1. The van der Waals surface area contributed by atoms with Crippen LogP contribution in [0, 0.1) is 11.6 Å². The molecule has 35 heavy (non-hydrogen) atoms. The van der Waals surface area contributed by atoms with E-state index in [1.54, 1.807) is 12.1 Å². The summed E-state index contributed by atoms with van der Waals surface area (Å²) < 4.78 is 26.3. The molecule has 2 atom stereocenters. The third-order valence-electron chi connectivity index (χ3n) is 5.69. The monoisotopic (exact) mass is 484 g/mol. The Morgan fingerprint density at radius 3 is 2.49 bits per heavy atom. The molecule has 8 heteroatoms. The third kappa shape index (κ3) is 7.85. The van der Waals surface area contributed by atoms with Crippen LogP contribution in [-0.4, -0.2) is 33.8 Å². The molecule has 0 unspecified atom stereocenters. The summed E-state index contributed by atoms with van der Waals surface area (Å²) in [6.07, 6.45) is 0.0357. The van der Waals surface area contributed by atoms with Gasteiger partial charge in [0.2, 0.25) is 5.91 Å². The quantitative estimate of drug-likeness (QED) is 0.288. The van der Waals surface area contributed by atoms with Crippen LogP contribution in [0.4, 0.5) is 8.78 Å². The molecule has 5 N–H and O–H groups in total. The van der Waals surface area contributed by atoms with Gasteiger partial charge in [-0.2, -0.15) is 0 Å². The van der Waals surface area contributed by atoms with Crippen molar-refractivity contribution in [2.24, 2.45) is 0 Å². The van der Waals surface area contributed by atoms with Crippen molar-refractivity contribution in [2.45, 2.75) is 45.1 Å². The number of halogens is 2. The van der Waals surface area contributed by atoms with Crippen LogP contribution in [0.3, 0.4) is 0 Å². The first kappa shape index (κ1) is 26.3. The molecular formula is C27H30F2N2O4. The highest BCUT2D eigenvalue weighted by Gasteiger charge is 2.13. The predicted octanol–water partition coefficient (Wildman–Crippen LogP) is 3.28. The summed E-state index contributed by atoms with van der Waals surface area (Å²) in [5, 5.41) is 35.4. The largest absolute Gasteiger partial charge is 0.508 e. The third-order valence-corrected chi connectivity index (χ3v) is 5.69. The van der Waals surface area contributed by atoms with Crippen LogP contribution in [-0.2, 0) is 30.8 Å². The maximum absolute atomic E-state index is 13.3. The zero-order chi connectivity index (χ0) is 25.4. The molecule has 3 rings (SSSR count). The van der Waals surface area contributed by atoms with Gasteiger partial charge in [0, 0.05) is 24.7 Å². The fraction of sp³-hybridized carbons (Fsp3) is 0.296. The van der Waals surface area contributed by atoms with Crippen LogP contribution in [0.25, 0.3) is 0 Å². The summed E-state index contributed by atoms with van der Waals surface area (Å²) in [7, 11) is 0. The molecule has 0 heterocycles. The van der Waals surface area contributed by atoms with Gasteiger partial charge in [0.25, 0.3) is 0 Å². The Labute approximate surface area is 203 Å². The highest BCUT2D eigenvalue weighted by molar-refractivity contribution is 5.78. The van der Waals surface area contributed by atoms with Crippen molar-refractivity contribution in [3.63, 3.8) is 0 Å². The van der Waals surface area contributed by atoms with E-state index in [1.807, 2.05) is 31.2 Å². The zero-order valence-electron chi connectivity index (χ0n) is 19.5. The molecule has 6 nitrogen and oxygen atoms in total. The van der Waals surface area contributed by atoms with Crippen molar-refractivity contribution in [1.82, 2.24) is 10.6 Å². The lowest BCUT2D eigenvalue weighted by atomic mass is 10.0. The first-order valence-corrected chi connectivity index (χ1v) is 11.4. The molecule has 0 aliphatic heterocycles. The van der Waals surface area contributed by atoms with Gasteiger partial charge in [-0.3, -0.25) is 4.79 Å². The number of amides is 1. The second-order valence-electron chi connectivity index (χ2n) is 8.60. The van der Waals surface area contributed by atoms with E-state index in [4.69, 9.17) is 0 Å². The Balaban J connectivity index is 1.48. The zero-order valence-corrected chi connectivity index (χ0v) is 19.5. The number of hydrogen-bond acceptors (Lipinski definition) is 5. The van der Waals surface area contributed by atoms with Crippen molar-refractivity contribution in [2.75, 3.05) is 6.54 Å².